The average molecular weight is 294 g/mol. The fourth-order valence-corrected chi connectivity index (χ4v) is 1.60. The fourth-order valence-electron chi connectivity index (χ4n) is 1.60. The number of carboxylic acids is 1. The summed E-state index contributed by atoms with van der Waals surface area (Å²) < 4.78 is 5.38. The van der Waals surface area contributed by atoms with Crippen molar-refractivity contribution in [3.63, 3.8) is 0 Å². The quantitative estimate of drug-likeness (QED) is 0.805. The molecule has 0 aliphatic carbocycles. The number of nitrogens with one attached hydrogen (secondary N) is 1. The minimum atomic E-state index is -0.963. The first-order chi connectivity index (χ1) is 9.90. The first kappa shape index (κ1) is 17.0. The summed E-state index contributed by atoms with van der Waals surface area (Å²) in [6, 6.07) is 6.22. The van der Waals surface area contributed by atoms with E-state index in [1.165, 1.54) is 12.1 Å². The van der Waals surface area contributed by atoms with E-state index < -0.39 is 5.97 Å². The van der Waals surface area contributed by atoms with Gasteiger partial charge in [-0.15, -0.1) is 0 Å². The maximum Gasteiger partial charge on any atom is 0.335 e. The molecule has 1 aromatic carbocycles. The van der Waals surface area contributed by atoms with Crippen LogP contribution in [0.25, 0.3) is 0 Å². The Labute approximate surface area is 124 Å². The molecular weight excluding hydrogens is 272 g/mol. The second kappa shape index (κ2) is 8.26. The SMILES string of the molecule is CC(C)OCCN(C)C(=O)NCc1ccc(C(=O)O)cc1. The molecule has 116 valence electrons. The Morgan fingerprint density at radius 1 is 1.29 bits per heavy atom. The molecule has 0 aromatic heterocycles. The number of carboxylic acid groups (broad SMARTS) is 1. The van der Waals surface area contributed by atoms with Gasteiger partial charge in [-0.25, -0.2) is 9.59 Å². The first-order valence-corrected chi connectivity index (χ1v) is 6.83. The lowest BCUT2D eigenvalue weighted by Gasteiger charge is -2.18. The van der Waals surface area contributed by atoms with Crippen molar-refractivity contribution in [1.82, 2.24) is 10.2 Å². The normalized spacial score (nSPS) is 10.5. The summed E-state index contributed by atoms with van der Waals surface area (Å²) in [5, 5.41) is 11.6. The third-order valence-corrected chi connectivity index (χ3v) is 2.87. The van der Waals surface area contributed by atoms with Crippen molar-refractivity contribution in [2.45, 2.75) is 26.5 Å². The molecule has 1 rings (SSSR count). The number of hydrogen-bond acceptors (Lipinski definition) is 3. The topological polar surface area (TPSA) is 78.9 Å². The molecule has 0 atom stereocenters. The molecule has 2 amide bonds. The Bertz CT molecular complexity index is 471. The number of benzene rings is 1. The van der Waals surface area contributed by atoms with Gasteiger partial charge < -0.3 is 20.1 Å². The standard InChI is InChI=1S/C15H22N2O4/c1-11(2)21-9-8-17(3)15(20)16-10-12-4-6-13(7-5-12)14(18)19/h4-7,11H,8-10H2,1-3H3,(H,16,20)(H,18,19). The van der Waals surface area contributed by atoms with E-state index in [4.69, 9.17) is 9.84 Å². The largest absolute Gasteiger partial charge is 0.478 e. The molecule has 21 heavy (non-hydrogen) atoms. The zero-order chi connectivity index (χ0) is 15.8. The number of nitrogens with zero attached hydrogens (tertiary/aromatic N) is 1. The van der Waals surface area contributed by atoms with Gasteiger partial charge in [0.25, 0.3) is 0 Å². The molecule has 6 nitrogen and oxygen atoms in total. The number of rotatable bonds is 7. The predicted octanol–water partition coefficient (Wildman–Crippen LogP) is 1.95. The first-order valence-electron chi connectivity index (χ1n) is 6.83. The Balaban J connectivity index is 2.36. The second-order valence-electron chi connectivity index (χ2n) is 5.00. The number of ether oxygens (including phenoxy) is 1. The van der Waals surface area contributed by atoms with E-state index in [1.807, 2.05) is 13.8 Å². The smallest absolute Gasteiger partial charge is 0.335 e. The highest BCUT2D eigenvalue weighted by Gasteiger charge is 2.08. The van der Waals surface area contributed by atoms with Gasteiger partial charge in [0.2, 0.25) is 0 Å². The van der Waals surface area contributed by atoms with Gasteiger partial charge in [-0.3, -0.25) is 0 Å². The van der Waals surface area contributed by atoms with Crippen LogP contribution in [0.15, 0.2) is 24.3 Å². The molecule has 0 saturated carbocycles. The van der Waals surface area contributed by atoms with Crippen LogP contribution in [0.4, 0.5) is 4.79 Å². The Kier molecular flexibility index (Phi) is 6.68. The van der Waals surface area contributed by atoms with Gasteiger partial charge in [0.1, 0.15) is 0 Å². The van der Waals surface area contributed by atoms with Gasteiger partial charge in [-0.2, -0.15) is 0 Å². The molecule has 0 radical (unpaired) electrons. The molecule has 2 N–H and O–H groups in total. The van der Waals surface area contributed by atoms with Crippen molar-refractivity contribution < 1.29 is 19.4 Å². The molecule has 0 aliphatic rings. The molecular formula is C15H22N2O4. The zero-order valence-corrected chi connectivity index (χ0v) is 12.6. The third-order valence-electron chi connectivity index (χ3n) is 2.87. The van der Waals surface area contributed by atoms with Crippen LogP contribution < -0.4 is 5.32 Å². The zero-order valence-electron chi connectivity index (χ0n) is 12.6. The minimum Gasteiger partial charge on any atom is -0.478 e. The Morgan fingerprint density at radius 3 is 2.43 bits per heavy atom. The van der Waals surface area contributed by atoms with Gasteiger partial charge in [0.15, 0.2) is 0 Å². The number of aromatic carboxylic acids is 1. The van der Waals surface area contributed by atoms with E-state index in [0.29, 0.717) is 19.7 Å². The highest BCUT2D eigenvalue weighted by atomic mass is 16.5. The molecule has 1 aromatic rings. The molecule has 0 fully saturated rings. The molecule has 0 bridgehead atoms. The van der Waals surface area contributed by atoms with Crippen LogP contribution in [0.3, 0.4) is 0 Å². The van der Waals surface area contributed by atoms with Crippen LogP contribution in [0, 0.1) is 0 Å². The number of hydrogen-bond donors (Lipinski definition) is 2. The lowest BCUT2D eigenvalue weighted by atomic mass is 10.1. The van der Waals surface area contributed by atoms with Crippen molar-refractivity contribution in [1.29, 1.82) is 0 Å². The summed E-state index contributed by atoms with van der Waals surface area (Å²) in [6.07, 6.45) is 0.147. The average Bonchev–Trinajstić information content (AvgIpc) is 2.44. The van der Waals surface area contributed by atoms with Crippen molar-refractivity contribution in [3.05, 3.63) is 35.4 Å². The number of carbonyl (C=O) groups is 2. The highest BCUT2D eigenvalue weighted by Crippen LogP contribution is 2.04. The maximum atomic E-state index is 11.8. The van der Waals surface area contributed by atoms with E-state index in [2.05, 4.69) is 5.32 Å². The lowest BCUT2D eigenvalue weighted by Crippen LogP contribution is -2.38. The van der Waals surface area contributed by atoms with E-state index in [1.54, 1.807) is 24.1 Å². The van der Waals surface area contributed by atoms with Gasteiger partial charge in [-0.05, 0) is 31.5 Å². The van der Waals surface area contributed by atoms with Crippen LogP contribution in [-0.4, -0.2) is 48.3 Å². The van der Waals surface area contributed by atoms with Crippen LogP contribution >= 0.6 is 0 Å². The predicted molar refractivity (Wildman–Crippen MR) is 79.4 cm³/mol. The van der Waals surface area contributed by atoms with Crippen molar-refractivity contribution in [3.8, 4) is 0 Å². The molecule has 0 saturated heterocycles. The van der Waals surface area contributed by atoms with Gasteiger partial charge in [0.05, 0.1) is 18.3 Å². The van der Waals surface area contributed by atoms with Crippen LogP contribution in [-0.2, 0) is 11.3 Å². The van der Waals surface area contributed by atoms with E-state index in [9.17, 15) is 9.59 Å². The summed E-state index contributed by atoms with van der Waals surface area (Å²) in [7, 11) is 1.70. The molecule has 6 heteroatoms. The minimum absolute atomic E-state index is 0.147. The van der Waals surface area contributed by atoms with Crippen LogP contribution in [0.5, 0.6) is 0 Å². The number of carbonyl (C=O) groups excluding carboxylic acids is 1. The van der Waals surface area contributed by atoms with Crippen LogP contribution in [0.2, 0.25) is 0 Å². The Hall–Kier alpha value is -2.08. The lowest BCUT2D eigenvalue weighted by molar-refractivity contribution is 0.0680. The van der Waals surface area contributed by atoms with Crippen molar-refractivity contribution in [2.24, 2.45) is 0 Å². The summed E-state index contributed by atoms with van der Waals surface area (Å²) in [6.45, 7) is 5.26. The summed E-state index contributed by atoms with van der Waals surface area (Å²) >= 11 is 0. The van der Waals surface area contributed by atoms with E-state index in [-0.39, 0.29) is 17.7 Å². The molecule has 0 heterocycles. The molecule has 0 spiro atoms. The fraction of sp³-hybridized carbons (Fsp3) is 0.467. The van der Waals surface area contributed by atoms with Crippen molar-refractivity contribution >= 4 is 12.0 Å². The molecule has 0 unspecified atom stereocenters. The van der Waals surface area contributed by atoms with E-state index >= 15 is 0 Å². The summed E-state index contributed by atoms with van der Waals surface area (Å²) in [5.41, 5.74) is 1.08. The van der Waals surface area contributed by atoms with Gasteiger partial charge >= 0.3 is 12.0 Å². The highest BCUT2D eigenvalue weighted by molar-refractivity contribution is 5.87. The number of likely N-dealkylation sites (N-methyl/N-ethyl adjacent to an activating group) is 1. The van der Waals surface area contributed by atoms with Crippen molar-refractivity contribution in [2.75, 3.05) is 20.2 Å². The number of urea groups is 1. The third kappa shape index (κ3) is 6.27. The maximum absolute atomic E-state index is 11.8. The summed E-state index contributed by atoms with van der Waals surface area (Å²) in [4.78, 5) is 24.1. The summed E-state index contributed by atoms with van der Waals surface area (Å²) in [5.74, 6) is -0.963. The van der Waals surface area contributed by atoms with Gasteiger partial charge in [0, 0.05) is 20.1 Å². The van der Waals surface area contributed by atoms with E-state index in [0.717, 1.165) is 5.56 Å². The van der Waals surface area contributed by atoms with Crippen LogP contribution in [0.1, 0.15) is 29.8 Å². The Morgan fingerprint density at radius 2 is 1.90 bits per heavy atom. The van der Waals surface area contributed by atoms with Gasteiger partial charge in [-0.1, -0.05) is 12.1 Å². The molecule has 0 aliphatic heterocycles. The second-order valence-corrected chi connectivity index (χ2v) is 5.00. The monoisotopic (exact) mass is 294 g/mol. The number of amides is 2.